The van der Waals surface area contributed by atoms with Gasteiger partial charge >= 0.3 is 0 Å². The zero-order valence-corrected chi connectivity index (χ0v) is 13.2. The smallest absolute Gasteiger partial charge is 0.0922 e. The van der Waals surface area contributed by atoms with Crippen molar-refractivity contribution in [2.24, 2.45) is 0 Å². The van der Waals surface area contributed by atoms with Crippen molar-refractivity contribution in [1.82, 2.24) is 0 Å². The summed E-state index contributed by atoms with van der Waals surface area (Å²) in [5, 5.41) is 12.3. The highest BCUT2D eigenvalue weighted by atomic mass is 79.9. The minimum Gasteiger partial charge on any atom is -0.387 e. The first-order valence-electron chi connectivity index (χ1n) is 5.96. The van der Waals surface area contributed by atoms with Gasteiger partial charge in [0.25, 0.3) is 0 Å². The molecule has 1 aromatic carbocycles. The molecule has 0 bridgehead atoms. The van der Waals surface area contributed by atoms with Gasteiger partial charge in [-0.1, -0.05) is 17.7 Å². The lowest BCUT2D eigenvalue weighted by Gasteiger charge is -2.14. The SMILES string of the molecule is Cc1cc(C)c(CC(O)c2cc(Br)cs2)c(C)c1. The summed E-state index contributed by atoms with van der Waals surface area (Å²) in [6.45, 7) is 6.34. The van der Waals surface area contributed by atoms with Crippen molar-refractivity contribution < 1.29 is 5.11 Å². The molecule has 0 aliphatic heterocycles. The molecule has 2 aromatic rings. The molecule has 0 saturated carbocycles. The fourth-order valence-electron chi connectivity index (χ4n) is 2.33. The van der Waals surface area contributed by atoms with E-state index in [1.807, 2.05) is 11.4 Å². The molecule has 1 unspecified atom stereocenters. The first-order chi connectivity index (χ1) is 8.47. The zero-order chi connectivity index (χ0) is 13.3. The number of benzene rings is 1. The Bertz CT molecular complexity index is 536. The summed E-state index contributed by atoms with van der Waals surface area (Å²) >= 11 is 5.02. The highest BCUT2D eigenvalue weighted by Gasteiger charge is 2.14. The summed E-state index contributed by atoms with van der Waals surface area (Å²) in [5.74, 6) is 0. The van der Waals surface area contributed by atoms with Gasteiger partial charge in [0.1, 0.15) is 0 Å². The summed E-state index contributed by atoms with van der Waals surface area (Å²) in [4.78, 5) is 1.02. The van der Waals surface area contributed by atoms with Gasteiger partial charge in [-0.2, -0.15) is 0 Å². The van der Waals surface area contributed by atoms with Crippen LogP contribution in [0.4, 0.5) is 0 Å². The van der Waals surface area contributed by atoms with Crippen molar-refractivity contribution in [3.8, 4) is 0 Å². The molecular formula is C15H17BrOS. The summed E-state index contributed by atoms with van der Waals surface area (Å²) in [5.41, 5.74) is 5.07. The first-order valence-corrected chi connectivity index (χ1v) is 7.63. The average Bonchev–Trinajstić information content (AvgIpc) is 2.70. The molecule has 0 aliphatic carbocycles. The molecular weight excluding hydrogens is 308 g/mol. The Morgan fingerprint density at radius 1 is 1.17 bits per heavy atom. The van der Waals surface area contributed by atoms with Gasteiger partial charge in [0, 0.05) is 21.2 Å². The lowest BCUT2D eigenvalue weighted by Crippen LogP contribution is -2.04. The fourth-order valence-corrected chi connectivity index (χ4v) is 3.76. The molecule has 1 aromatic heterocycles. The number of halogens is 1. The number of aliphatic hydroxyl groups is 1. The third kappa shape index (κ3) is 3.02. The topological polar surface area (TPSA) is 20.2 Å². The molecule has 0 fully saturated rings. The van der Waals surface area contributed by atoms with Gasteiger partial charge in [-0.05, 0) is 59.5 Å². The van der Waals surface area contributed by atoms with E-state index in [-0.39, 0.29) is 0 Å². The second kappa shape index (κ2) is 5.55. The number of hydrogen-bond donors (Lipinski definition) is 1. The summed E-state index contributed by atoms with van der Waals surface area (Å²) in [7, 11) is 0. The Morgan fingerprint density at radius 2 is 1.78 bits per heavy atom. The van der Waals surface area contributed by atoms with E-state index in [0.717, 1.165) is 9.35 Å². The van der Waals surface area contributed by atoms with E-state index in [2.05, 4.69) is 48.8 Å². The van der Waals surface area contributed by atoms with Crippen LogP contribution in [0.15, 0.2) is 28.1 Å². The number of aryl methyl sites for hydroxylation is 3. The molecule has 1 N–H and O–H groups in total. The molecule has 1 heterocycles. The number of thiophene rings is 1. The molecule has 3 heteroatoms. The maximum Gasteiger partial charge on any atom is 0.0922 e. The van der Waals surface area contributed by atoms with E-state index in [1.165, 1.54) is 22.3 Å². The number of rotatable bonds is 3. The Hall–Kier alpha value is -0.640. The Balaban J connectivity index is 2.24. The largest absolute Gasteiger partial charge is 0.387 e. The van der Waals surface area contributed by atoms with Crippen LogP contribution in [0.2, 0.25) is 0 Å². The van der Waals surface area contributed by atoms with Crippen LogP contribution >= 0.6 is 27.3 Å². The molecule has 96 valence electrons. The summed E-state index contributed by atoms with van der Waals surface area (Å²) in [6, 6.07) is 6.35. The predicted molar refractivity (Wildman–Crippen MR) is 81.3 cm³/mol. The Morgan fingerprint density at radius 3 is 2.28 bits per heavy atom. The second-order valence-electron chi connectivity index (χ2n) is 4.76. The van der Waals surface area contributed by atoms with Crippen molar-refractivity contribution in [1.29, 1.82) is 0 Å². The van der Waals surface area contributed by atoms with Crippen molar-refractivity contribution in [2.75, 3.05) is 0 Å². The third-order valence-corrected chi connectivity index (χ3v) is 4.95. The third-order valence-electron chi connectivity index (χ3n) is 3.15. The molecule has 0 amide bonds. The zero-order valence-electron chi connectivity index (χ0n) is 10.8. The predicted octanol–water partition coefficient (Wildman–Crippen LogP) is 4.71. The molecule has 2 rings (SSSR count). The van der Waals surface area contributed by atoms with E-state index >= 15 is 0 Å². The Kier molecular flexibility index (Phi) is 4.25. The second-order valence-corrected chi connectivity index (χ2v) is 6.62. The van der Waals surface area contributed by atoms with Crippen LogP contribution in [0.5, 0.6) is 0 Å². The van der Waals surface area contributed by atoms with Gasteiger partial charge in [0.05, 0.1) is 6.10 Å². The quantitative estimate of drug-likeness (QED) is 0.866. The summed E-state index contributed by atoms with van der Waals surface area (Å²) in [6.07, 6.45) is 0.270. The van der Waals surface area contributed by atoms with Gasteiger partial charge in [0.2, 0.25) is 0 Å². The minimum atomic E-state index is -0.415. The van der Waals surface area contributed by atoms with Gasteiger partial charge in [-0.15, -0.1) is 11.3 Å². The summed E-state index contributed by atoms with van der Waals surface area (Å²) < 4.78 is 1.04. The van der Waals surface area contributed by atoms with Crippen LogP contribution in [0.1, 0.15) is 33.2 Å². The molecule has 1 atom stereocenters. The molecule has 0 spiro atoms. The lowest BCUT2D eigenvalue weighted by molar-refractivity contribution is 0.182. The normalized spacial score (nSPS) is 12.7. The lowest BCUT2D eigenvalue weighted by atomic mass is 9.95. The minimum absolute atomic E-state index is 0.415. The maximum atomic E-state index is 10.3. The van der Waals surface area contributed by atoms with E-state index in [0.29, 0.717) is 6.42 Å². The molecule has 18 heavy (non-hydrogen) atoms. The van der Waals surface area contributed by atoms with Crippen molar-refractivity contribution in [2.45, 2.75) is 33.3 Å². The van der Waals surface area contributed by atoms with E-state index in [9.17, 15) is 5.11 Å². The van der Waals surface area contributed by atoms with Crippen LogP contribution in [0, 0.1) is 20.8 Å². The van der Waals surface area contributed by atoms with Crippen LogP contribution in [-0.2, 0) is 6.42 Å². The van der Waals surface area contributed by atoms with Crippen molar-refractivity contribution in [3.63, 3.8) is 0 Å². The van der Waals surface area contributed by atoms with Crippen LogP contribution < -0.4 is 0 Å². The van der Waals surface area contributed by atoms with E-state index in [4.69, 9.17) is 0 Å². The maximum absolute atomic E-state index is 10.3. The van der Waals surface area contributed by atoms with Gasteiger partial charge in [-0.3, -0.25) is 0 Å². The van der Waals surface area contributed by atoms with Crippen LogP contribution in [-0.4, -0.2) is 5.11 Å². The highest BCUT2D eigenvalue weighted by Crippen LogP contribution is 2.29. The van der Waals surface area contributed by atoms with E-state index < -0.39 is 6.10 Å². The van der Waals surface area contributed by atoms with Gasteiger partial charge in [0.15, 0.2) is 0 Å². The standard InChI is InChI=1S/C15H17BrOS/c1-9-4-10(2)13(11(3)5-9)7-14(17)15-6-12(16)8-18-15/h4-6,8,14,17H,7H2,1-3H3. The average molecular weight is 325 g/mol. The van der Waals surface area contributed by atoms with Gasteiger partial charge in [-0.25, -0.2) is 0 Å². The molecule has 0 aliphatic rings. The van der Waals surface area contributed by atoms with Gasteiger partial charge < -0.3 is 5.11 Å². The first kappa shape index (κ1) is 13.8. The van der Waals surface area contributed by atoms with E-state index in [1.54, 1.807) is 11.3 Å². The van der Waals surface area contributed by atoms with Crippen LogP contribution in [0.3, 0.4) is 0 Å². The fraction of sp³-hybridized carbons (Fsp3) is 0.333. The monoisotopic (exact) mass is 324 g/mol. The molecule has 0 radical (unpaired) electrons. The number of hydrogen-bond acceptors (Lipinski definition) is 2. The molecule has 1 nitrogen and oxygen atoms in total. The van der Waals surface area contributed by atoms with Crippen molar-refractivity contribution in [3.05, 3.63) is 55.2 Å². The number of aliphatic hydroxyl groups excluding tert-OH is 1. The highest BCUT2D eigenvalue weighted by molar-refractivity contribution is 9.10. The molecule has 0 saturated heterocycles. The van der Waals surface area contributed by atoms with Crippen LogP contribution in [0.25, 0.3) is 0 Å². The van der Waals surface area contributed by atoms with Crippen molar-refractivity contribution >= 4 is 27.3 Å². The Labute approximate surface area is 121 Å².